The summed E-state index contributed by atoms with van der Waals surface area (Å²) in [6, 6.07) is 7.61. The molecule has 1 unspecified atom stereocenters. The third-order valence-corrected chi connectivity index (χ3v) is 2.74. The van der Waals surface area contributed by atoms with Gasteiger partial charge in [-0.1, -0.05) is 28.1 Å². The van der Waals surface area contributed by atoms with Gasteiger partial charge in [0.15, 0.2) is 0 Å². The Bertz CT molecular complexity index is 501. The van der Waals surface area contributed by atoms with Crippen LogP contribution in [0.25, 0.3) is 0 Å². The Morgan fingerprint density at radius 1 is 1.40 bits per heavy atom. The van der Waals surface area contributed by atoms with Gasteiger partial charge in [0.2, 0.25) is 0 Å². The van der Waals surface area contributed by atoms with Gasteiger partial charge in [0.1, 0.15) is 0 Å². The minimum atomic E-state index is -0.301. The molecule has 5 nitrogen and oxygen atoms in total. The van der Waals surface area contributed by atoms with Crippen LogP contribution in [0.4, 0.5) is 0 Å². The fourth-order valence-corrected chi connectivity index (χ4v) is 1.61. The largest absolute Gasteiger partial charge is 0.361 e. The molecule has 1 heterocycles. The number of H-pyrrole nitrogens is 1. The molecule has 1 N–H and O–H groups in total. The van der Waals surface area contributed by atoms with Crippen molar-refractivity contribution in [3.63, 3.8) is 0 Å². The summed E-state index contributed by atoms with van der Waals surface area (Å²) in [6.45, 7) is 1.90. The fourth-order valence-electron chi connectivity index (χ4n) is 1.34. The molecule has 0 bridgehead atoms. The zero-order valence-electron chi connectivity index (χ0n) is 8.01. The van der Waals surface area contributed by atoms with Crippen LogP contribution in [0.3, 0.4) is 0 Å². The van der Waals surface area contributed by atoms with Crippen molar-refractivity contribution in [3.05, 3.63) is 44.8 Å². The third kappa shape index (κ3) is 1.99. The number of hydrogen-bond acceptors (Lipinski definition) is 3. The van der Waals surface area contributed by atoms with Crippen LogP contribution in [0.1, 0.15) is 18.5 Å². The molecule has 0 amide bonds. The van der Waals surface area contributed by atoms with Crippen LogP contribution < -0.4 is 5.69 Å². The van der Waals surface area contributed by atoms with Gasteiger partial charge in [-0.25, -0.2) is 9.89 Å². The summed E-state index contributed by atoms with van der Waals surface area (Å²) < 4.78 is 2.31. The van der Waals surface area contributed by atoms with Crippen LogP contribution in [0.15, 0.2) is 33.5 Å². The van der Waals surface area contributed by atoms with Crippen LogP contribution in [0, 0.1) is 0 Å². The van der Waals surface area contributed by atoms with E-state index in [-0.39, 0.29) is 11.7 Å². The van der Waals surface area contributed by atoms with Gasteiger partial charge in [-0.3, -0.25) is 0 Å². The number of hydrogen-bond donors (Lipinski definition) is 1. The number of halogens is 1. The van der Waals surface area contributed by atoms with Gasteiger partial charge in [0, 0.05) is 4.47 Å². The lowest BCUT2D eigenvalue weighted by atomic mass is 10.1. The lowest BCUT2D eigenvalue weighted by Gasteiger charge is -2.09. The zero-order chi connectivity index (χ0) is 10.8. The molecule has 0 aliphatic heterocycles. The molecule has 0 aliphatic rings. The summed E-state index contributed by atoms with van der Waals surface area (Å²) in [5.74, 6) is 0. The molecular weight excluding hydrogens is 260 g/mol. The molecule has 0 saturated heterocycles. The van der Waals surface area contributed by atoms with E-state index in [0.717, 1.165) is 10.0 Å². The van der Waals surface area contributed by atoms with Crippen molar-refractivity contribution in [1.29, 1.82) is 0 Å². The van der Waals surface area contributed by atoms with Crippen molar-refractivity contribution in [2.75, 3.05) is 0 Å². The van der Waals surface area contributed by atoms with Gasteiger partial charge in [0.05, 0.1) is 6.04 Å². The normalized spacial score (nSPS) is 12.7. The van der Waals surface area contributed by atoms with E-state index in [0.29, 0.717) is 0 Å². The SMILES string of the molecule is CC(c1ccc(Br)cc1)n1nn[nH]c1=O. The van der Waals surface area contributed by atoms with Gasteiger partial charge < -0.3 is 0 Å². The number of benzene rings is 1. The Labute approximate surface area is 94.2 Å². The van der Waals surface area contributed by atoms with E-state index in [1.165, 1.54) is 4.68 Å². The van der Waals surface area contributed by atoms with Crippen LogP contribution in [0.5, 0.6) is 0 Å². The molecule has 0 fully saturated rings. The molecule has 78 valence electrons. The summed E-state index contributed by atoms with van der Waals surface area (Å²) in [5, 5.41) is 9.42. The second-order valence-electron chi connectivity index (χ2n) is 3.18. The van der Waals surface area contributed by atoms with Gasteiger partial charge >= 0.3 is 5.69 Å². The molecule has 15 heavy (non-hydrogen) atoms. The standard InChI is InChI=1S/C9H9BrN4O/c1-6(14-9(15)11-12-13-14)7-2-4-8(10)5-3-7/h2-6H,1H3,(H,11,13,15). The third-order valence-electron chi connectivity index (χ3n) is 2.21. The summed E-state index contributed by atoms with van der Waals surface area (Å²) in [6.07, 6.45) is 0. The molecule has 0 saturated carbocycles. The first-order valence-corrected chi connectivity index (χ1v) is 5.23. The van der Waals surface area contributed by atoms with Crippen molar-refractivity contribution in [3.8, 4) is 0 Å². The number of nitrogens with one attached hydrogen (secondary N) is 1. The lowest BCUT2D eigenvalue weighted by Crippen LogP contribution is -2.22. The molecule has 1 atom stereocenters. The minimum Gasteiger partial charge on any atom is -0.244 e. The summed E-state index contributed by atoms with van der Waals surface area (Å²) in [5.41, 5.74) is 0.708. The molecule has 6 heteroatoms. The molecule has 1 aromatic carbocycles. The highest BCUT2D eigenvalue weighted by molar-refractivity contribution is 9.10. The Kier molecular flexibility index (Phi) is 2.68. The highest BCUT2D eigenvalue weighted by Crippen LogP contribution is 2.17. The van der Waals surface area contributed by atoms with Gasteiger partial charge in [-0.2, -0.15) is 4.68 Å². The first-order chi connectivity index (χ1) is 7.18. The molecule has 2 aromatic rings. The molecule has 2 rings (SSSR count). The topological polar surface area (TPSA) is 63.6 Å². The van der Waals surface area contributed by atoms with Crippen LogP contribution in [-0.4, -0.2) is 20.2 Å². The summed E-state index contributed by atoms with van der Waals surface area (Å²) in [4.78, 5) is 11.3. The van der Waals surface area contributed by atoms with E-state index in [9.17, 15) is 4.79 Å². The van der Waals surface area contributed by atoms with Crippen LogP contribution >= 0.6 is 15.9 Å². The van der Waals surface area contributed by atoms with Crippen molar-refractivity contribution < 1.29 is 0 Å². The number of nitrogens with zero attached hydrogens (tertiary/aromatic N) is 3. The van der Waals surface area contributed by atoms with Gasteiger partial charge in [-0.15, -0.1) is 0 Å². The van der Waals surface area contributed by atoms with E-state index in [1.807, 2.05) is 31.2 Å². The minimum absolute atomic E-state index is 0.121. The number of aromatic amines is 1. The van der Waals surface area contributed by atoms with E-state index in [1.54, 1.807) is 0 Å². The van der Waals surface area contributed by atoms with Crippen molar-refractivity contribution in [2.45, 2.75) is 13.0 Å². The zero-order valence-corrected chi connectivity index (χ0v) is 9.60. The van der Waals surface area contributed by atoms with E-state index >= 15 is 0 Å². The number of aromatic nitrogens is 4. The first kappa shape index (κ1) is 10.1. The van der Waals surface area contributed by atoms with Gasteiger partial charge in [0.25, 0.3) is 0 Å². The Morgan fingerprint density at radius 2 is 2.07 bits per heavy atom. The summed E-state index contributed by atoms with van der Waals surface area (Å²) >= 11 is 3.36. The molecule has 0 aliphatic carbocycles. The highest BCUT2D eigenvalue weighted by Gasteiger charge is 2.11. The molecule has 0 radical (unpaired) electrons. The van der Waals surface area contributed by atoms with E-state index in [4.69, 9.17) is 0 Å². The summed E-state index contributed by atoms with van der Waals surface area (Å²) in [7, 11) is 0. The predicted molar refractivity (Wildman–Crippen MR) is 58.6 cm³/mol. The van der Waals surface area contributed by atoms with Gasteiger partial charge in [-0.05, 0) is 35.0 Å². The monoisotopic (exact) mass is 268 g/mol. The smallest absolute Gasteiger partial charge is 0.244 e. The molecular formula is C9H9BrN4O. The first-order valence-electron chi connectivity index (χ1n) is 4.44. The number of rotatable bonds is 2. The highest BCUT2D eigenvalue weighted by atomic mass is 79.9. The molecule has 1 aromatic heterocycles. The Balaban J connectivity index is 2.36. The quantitative estimate of drug-likeness (QED) is 0.894. The van der Waals surface area contributed by atoms with Crippen LogP contribution in [0.2, 0.25) is 0 Å². The maximum Gasteiger partial charge on any atom is 0.361 e. The van der Waals surface area contributed by atoms with Crippen molar-refractivity contribution in [2.24, 2.45) is 0 Å². The Hall–Kier alpha value is -1.43. The molecule has 0 spiro atoms. The second-order valence-corrected chi connectivity index (χ2v) is 4.09. The average molecular weight is 269 g/mol. The maximum atomic E-state index is 11.3. The predicted octanol–water partition coefficient (Wildman–Crippen LogP) is 1.34. The lowest BCUT2D eigenvalue weighted by molar-refractivity contribution is 0.528. The average Bonchev–Trinajstić information content (AvgIpc) is 2.65. The second kappa shape index (κ2) is 3.98. The fraction of sp³-hybridized carbons (Fsp3) is 0.222. The van der Waals surface area contributed by atoms with Crippen molar-refractivity contribution in [1.82, 2.24) is 20.2 Å². The number of tetrazole rings is 1. The van der Waals surface area contributed by atoms with Crippen LogP contribution in [-0.2, 0) is 0 Å². The van der Waals surface area contributed by atoms with E-state index in [2.05, 4.69) is 31.5 Å². The van der Waals surface area contributed by atoms with Crippen molar-refractivity contribution >= 4 is 15.9 Å². The maximum absolute atomic E-state index is 11.3. The Morgan fingerprint density at radius 3 is 2.60 bits per heavy atom. The van der Waals surface area contributed by atoms with E-state index < -0.39 is 0 Å².